The fourth-order valence-electron chi connectivity index (χ4n) is 2.32. The average Bonchev–Trinajstić information content (AvgIpc) is 2.55. The summed E-state index contributed by atoms with van der Waals surface area (Å²) in [7, 11) is -2.01. The van der Waals surface area contributed by atoms with Gasteiger partial charge < -0.3 is 9.47 Å². The number of aryl methyl sites for hydroxylation is 1. The predicted molar refractivity (Wildman–Crippen MR) is 85.1 cm³/mol. The smallest absolute Gasteiger partial charge is 0.257 e. The zero-order valence-electron chi connectivity index (χ0n) is 13.0. The molecule has 0 bridgehead atoms. The minimum absolute atomic E-state index is 0.199. The molecule has 122 valence electrons. The molecule has 1 aliphatic heterocycles. The van der Waals surface area contributed by atoms with Gasteiger partial charge in [0.15, 0.2) is 5.75 Å². The number of ether oxygens (including phenoxy) is 2. The minimum atomic E-state index is -3.55. The number of rotatable bonds is 4. The van der Waals surface area contributed by atoms with Crippen molar-refractivity contribution in [1.29, 1.82) is 0 Å². The Morgan fingerprint density at radius 2 is 2.00 bits per heavy atom. The lowest BCUT2D eigenvalue weighted by Gasteiger charge is -2.28. The molecule has 0 fully saturated rings. The summed E-state index contributed by atoms with van der Waals surface area (Å²) in [6.45, 7) is 2.38. The fraction of sp³-hybridized carbons (Fsp3) is 0.312. The monoisotopic (exact) mass is 334 g/mol. The standard InChI is InChI=1S/C16H18N2O4S/c1-12-5-7-14(8-6-12)23(19,20)18(2)10-13-11-21-16-15(22-13)4-3-9-17-16/h3-9,13H,10-11H2,1-2H3. The van der Waals surface area contributed by atoms with Crippen LogP contribution < -0.4 is 9.47 Å². The van der Waals surface area contributed by atoms with Crippen LogP contribution in [-0.4, -0.2) is 44.0 Å². The van der Waals surface area contributed by atoms with Crippen LogP contribution in [-0.2, 0) is 10.0 Å². The summed E-state index contributed by atoms with van der Waals surface area (Å²) in [5.74, 6) is 0.970. The van der Waals surface area contributed by atoms with Gasteiger partial charge in [0.05, 0.1) is 11.4 Å². The molecule has 0 N–H and O–H groups in total. The molecule has 1 aliphatic rings. The topological polar surface area (TPSA) is 68.7 Å². The average molecular weight is 334 g/mol. The van der Waals surface area contributed by atoms with Gasteiger partial charge >= 0.3 is 0 Å². The molecule has 3 rings (SSSR count). The number of hydrogen-bond acceptors (Lipinski definition) is 5. The molecule has 0 spiro atoms. The van der Waals surface area contributed by atoms with Gasteiger partial charge in [0, 0.05) is 13.2 Å². The molecular formula is C16H18N2O4S. The summed E-state index contributed by atoms with van der Waals surface area (Å²) < 4.78 is 37.7. The number of sulfonamides is 1. The normalized spacial score (nSPS) is 17.3. The van der Waals surface area contributed by atoms with Crippen molar-refractivity contribution in [2.45, 2.75) is 17.9 Å². The summed E-state index contributed by atoms with van der Waals surface area (Å²) in [6.07, 6.45) is 1.24. The maximum Gasteiger partial charge on any atom is 0.257 e. The van der Waals surface area contributed by atoms with Crippen molar-refractivity contribution in [3.8, 4) is 11.6 Å². The molecule has 7 heteroatoms. The zero-order chi connectivity index (χ0) is 16.4. The highest BCUT2D eigenvalue weighted by atomic mass is 32.2. The Morgan fingerprint density at radius 3 is 2.74 bits per heavy atom. The Bertz CT molecular complexity index is 790. The van der Waals surface area contributed by atoms with Gasteiger partial charge in [-0.1, -0.05) is 17.7 Å². The van der Waals surface area contributed by atoms with Gasteiger partial charge in [-0.3, -0.25) is 0 Å². The van der Waals surface area contributed by atoms with Crippen LogP contribution in [0.2, 0.25) is 0 Å². The Hall–Kier alpha value is -2.12. The second-order valence-corrected chi connectivity index (χ2v) is 7.50. The van der Waals surface area contributed by atoms with Crippen molar-refractivity contribution in [1.82, 2.24) is 9.29 Å². The Balaban J connectivity index is 1.72. The highest BCUT2D eigenvalue weighted by Gasteiger charge is 2.28. The highest BCUT2D eigenvalue weighted by molar-refractivity contribution is 7.89. The Labute approximate surface area is 135 Å². The molecule has 2 heterocycles. The molecule has 0 saturated carbocycles. The van der Waals surface area contributed by atoms with Crippen LogP contribution in [0.5, 0.6) is 11.6 Å². The maximum atomic E-state index is 12.6. The van der Waals surface area contributed by atoms with Crippen LogP contribution in [0.4, 0.5) is 0 Å². The van der Waals surface area contributed by atoms with Gasteiger partial charge in [-0.05, 0) is 31.2 Å². The van der Waals surface area contributed by atoms with Crippen LogP contribution in [0.1, 0.15) is 5.56 Å². The van der Waals surface area contributed by atoms with E-state index < -0.39 is 10.0 Å². The third-order valence-electron chi connectivity index (χ3n) is 3.63. The molecule has 0 saturated heterocycles. The molecule has 6 nitrogen and oxygen atoms in total. The second-order valence-electron chi connectivity index (χ2n) is 5.46. The molecule has 0 radical (unpaired) electrons. The van der Waals surface area contributed by atoms with Crippen molar-refractivity contribution in [3.63, 3.8) is 0 Å². The van der Waals surface area contributed by atoms with Crippen molar-refractivity contribution >= 4 is 10.0 Å². The van der Waals surface area contributed by atoms with Crippen LogP contribution in [0, 0.1) is 6.92 Å². The minimum Gasteiger partial charge on any atom is -0.480 e. The van der Waals surface area contributed by atoms with Crippen molar-refractivity contribution < 1.29 is 17.9 Å². The van der Waals surface area contributed by atoms with Crippen molar-refractivity contribution in [2.75, 3.05) is 20.2 Å². The third-order valence-corrected chi connectivity index (χ3v) is 5.46. The zero-order valence-corrected chi connectivity index (χ0v) is 13.8. The molecule has 0 amide bonds. The molecule has 0 aliphatic carbocycles. The van der Waals surface area contributed by atoms with Crippen molar-refractivity contribution in [3.05, 3.63) is 48.2 Å². The molecule has 23 heavy (non-hydrogen) atoms. The van der Waals surface area contributed by atoms with E-state index >= 15 is 0 Å². The van der Waals surface area contributed by atoms with Gasteiger partial charge in [0.1, 0.15) is 12.7 Å². The first-order valence-corrected chi connectivity index (χ1v) is 8.68. The van der Waals surface area contributed by atoms with Crippen LogP contribution in [0.3, 0.4) is 0 Å². The van der Waals surface area contributed by atoms with E-state index in [0.717, 1.165) is 5.56 Å². The summed E-state index contributed by atoms with van der Waals surface area (Å²) in [5.41, 5.74) is 1.01. The number of hydrogen-bond donors (Lipinski definition) is 0. The quantitative estimate of drug-likeness (QED) is 0.853. The first kappa shape index (κ1) is 15.8. The number of likely N-dealkylation sites (N-methyl/N-ethyl adjacent to an activating group) is 1. The van der Waals surface area contributed by atoms with E-state index in [1.165, 1.54) is 11.4 Å². The van der Waals surface area contributed by atoms with E-state index in [4.69, 9.17) is 9.47 Å². The van der Waals surface area contributed by atoms with Gasteiger partial charge in [-0.2, -0.15) is 4.31 Å². The summed E-state index contributed by atoms with van der Waals surface area (Å²) in [6, 6.07) is 10.3. The molecule has 2 aromatic rings. The SMILES string of the molecule is Cc1ccc(S(=O)(=O)N(C)CC2COc3ncccc3O2)cc1. The predicted octanol–water partition coefficient (Wildman–Crippen LogP) is 1.85. The first-order chi connectivity index (χ1) is 11.0. The summed E-state index contributed by atoms with van der Waals surface area (Å²) >= 11 is 0. The number of fused-ring (bicyclic) bond motifs is 1. The lowest BCUT2D eigenvalue weighted by atomic mass is 10.2. The third kappa shape index (κ3) is 3.30. The van der Waals surface area contributed by atoms with Gasteiger partial charge in [0.2, 0.25) is 10.0 Å². The Morgan fingerprint density at radius 1 is 1.26 bits per heavy atom. The molecule has 1 aromatic heterocycles. The van der Waals surface area contributed by atoms with Crippen LogP contribution in [0.15, 0.2) is 47.5 Å². The number of aromatic nitrogens is 1. The highest BCUT2D eigenvalue weighted by Crippen LogP contribution is 2.29. The van der Waals surface area contributed by atoms with E-state index in [0.29, 0.717) is 11.6 Å². The maximum absolute atomic E-state index is 12.6. The number of pyridine rings is 1. The first-order valence-electron chi connectivity index (χ1n) is 7.24. The molecule has 1 unspecified atom stereocenters. The fourth-order valence-corrected chi connectivity index (χ4v) is 3.53. The summed E-state index contributed by atoms with van der Waals surface area (Å²) in [5, 5.41) is 0. The van der Waals surface area contributed by atoms with E-state index in [1.54, 1.807) is 42.6 Å². The summed E-state index contributed by atoms with van der Waals surface area (Å²) in [4.78, 5) is 4.33. The van der Waals surface area contributed by atoms with E-state index in [2.05, 4.69) is 4.98 Å². The van der Waals surface area contributed by atoms with Gasteiger partial charge in [0.25, 0.3) is 5.88 Å². The second kappa shape index (κ2) is 6.17. The molecular weight excluding hydrogens is 316 g/mol. The lowest BCUT2D eigenvalue weighted by molar-refractivity contribution is 0.0755. The van der Waals surface area contributed by atoms with Crippen LogP contribution >= 0.6 is 0 Å². The van der Waals surface area contributed by atoms with Gasteiger partial charge in [-0.15, -0.1) is 0 Å². The number of benzene rings is 1. The molecule has 1 atom stereocenters. The van der Waals surface area contributed by atoms with E-state index in [1.807, 2.05) is 6.92 Å². The Kier molecular flexibility index (Phi) is 4.23. The van der Waals surface area contributed by atoms with Crippen LogP contribution in [0.25, 0.3) is 0 Å². The van der Waals surface area contributed by atoms with E-state index in [9.17, 15) is 8.42 Å². The largest absolute Gasteiger partial charge is 0.480 e. The number of nitrogens with zero attached hydrogens (tertiary/aromatic N) is 2. The lowest BCUT2D eigenvalue weighted by Crippen LogP contribution is -2.41. The van der Waals surface area contributed by atoms with Gasteiger partial charge in [-0.25, -0.2) is 13.4 Å². The molecule has 1 aromatic carbocycles. The van der Waals surface area contributed by atoms with E-state index in [-0.39, 0.29) is 24.2 Å². The van der Waals surface area contributed by atoms with Crippen molar-refractivity contribution in [2.24, 2.45) is 0 Å².